The Morgan fingerprint density at radius 3 is 1.94 bits per heavy atom. The summed E-state index contributed by atoms with van der Waals surface area (Å²) in [7, 11) is 7.10. The van der Waals surface area contributed by atoms with Crippen LogP contribution in [0.2, 0.25) is 0 Å². The van der Waals surface area contributed by atoms with Gasteiger partial charge in [0, 0.05) is 31.2 Å². The lowest BCUT2D eigenvalue weighted by Crippen LogP contribution is -2.58. The van der Waals surface area contributed by atoms with E-state index in [1.54, 1.807) is 21.3 Å². The minimum atomic E-state index is -0.981. The van der Waals surface area contributed by atoms with Crippen molar-refractivity contribution in [2.75, 3.05) is 28.4 Å². The molecule has 0 radical (unpaired) electrons. The lowest BCUT2D eigenvalue weighted by atomic mass is 9.95. The molecule has 3 rings (SSSR count). The Morgan fingerprint density at radius 2 is 1.50 bits per heavy atom. The average molecular weight is 495 g/mol. The van der Waals surface area contributed by atoms with E-state index in [9.17, 15) is 9.59 Å². The number of aliphatic carboxylic acids is 1. The first-order valence-corrected chi connectivity index (χ1v) is 10.4. The summed E-state index contributed by atoms with van der Waals surface area (Å²) in [4.78, 5) is 22.6. The van der Waals surface area contributed by atoms with E-state index in [0.29, 0.717) is 29.3 Å². The van der Waals surface area contributed by atoms with E-state index in [2.05, 4.69) is 7.05 Å². The molecule has 2 bridgehead atoms. The van der Waals surface area contributed by atoms with Gasteiger partial charge < -0.3 is 28.5 Å². The number of carbonyl (C=O) groups is 2. The highest BCUT2D eigenvalue weighted by atomic mass is 35.5. The molecule has 182 valence electrons. The molecule has 2 aliphatic heterocycles. The summed E-state index contributed by atoms with van der Waals surface area (Å²) in [5.41, 5.74) is 1.11. The van der Waals surface area contributed by atoms with E-state index in [1.165, 1.54) is 0 Å². The molecular weight excluding hydrogens is 461 g/mol. The third kappa shape index (κ3) is 5.91. The Kier molecular flexibility index (Phi) is 10.4. The predicted molar refractivity (Wildman–Crippen MR) is 123 cm³/mol. The van der Waals surface area contributed by atoms with Crippen molar-refractivity contribution in [2.45, 2.75) is 63.3 Å². The number of carboxylic acid groups (broad SMARTS) is 1. The molecule has 2 heterocycles. The summed E-state index contributed by atoms with van der Waals surface area (Å²) in [5.74, 6) is 0.482. The van der Waals surface area contributed by atoms with Crippen molar-refractivity contribution in [3.63, 3.8) is 0 Å². The van der Waals surface area contributed by atoms with Gasteiger partial charge in [0.1, 0.15) is 12.6 Å². The van der Waals surface area contributed by atoms with Gasteiger partial charge in [-0.1, -0.05) is 0 Å². The van der Waals surface area contributed by atoms with Crippen LogP contribution in [0.4, 0.5) is 0 Å². The first-order valence-electron chi connectivity index (χ1n) is 10.4. The second kappa shape index (κ2) is 11.8. The summed E-state index contributed by atoms with van der Waals surface area (Å²) in [6, 6.07) is 4.78. The largest absolute Gasteiger partial charge is 0.493 e. The maximum atomic E-state index is 12.0. The molecule has 0 aromatic heterocycles. The first kappa shape index (κ1) is 28.1. The lowest BCUT2D eigenvalue weighted by Gasteiger charge is -2.47. The highest BCUT2D eigenvalue weighted by molar-refractivity contribution is 5.85. The minimum absolute atomic E-state index is 0. The molecular formula is C22H34Cl2NO7+. The molecule has 10 heteroatoms. The van der Waals surface area contributed by atoms with Crippen molar-refractivity contribution in [1.82, 2.24) is 0 Å². The Balaban J connectivity index is 0.00000256. The topological polar surface area (TPSA) is 91.3 Å². The zero-order valence-corrected chi connectivity index (χ0v) is 20.6. The Labute approximate surface area is 201 Å². The number of benzene rings is 1. The average Bonchev–Trinajstić information content (AvgIpc) is 2.88. The number of fused-ring (bicyclic) bond motifs is 2. The zero-order valence-electron chi connectivity index (χ0n) is 19.0. The Bertz CT molecular complexity index is 765. The van der Waals surface area contributed by atoms with Crippen LogP contribution < -0.4 is 14.2 Å². The fraction of sp³-hybridized carbons (Fsp3) is 0.636. The van der Waals surface area contributed by atoms with Gasteiger partial charge in [0.25, 0.3) is 0 Å². The molecule has 2 atom stereocenters. The summed E-state index contributed by atoms with van der Waals surface area (Å²) in [5, 5.41) is 8.74. The van der Waals surface area contributed by atoms with Crippen LogP contribution in [0.3, 0.4) is 0 Å². The van der Waals surface area contributed by atoms with Gasteiger partial charge in [-0.25, -0.2) is 0 Å². The van der Waals surface area contributed by atoms with Crippen molar-refractivity contribution in [3.05, 3.63) is 17.7 Å². The number of methoxy groups -OCH3 is 3. The maximum absolute atomic E-state index is 12.0. The van der Waals surface area contributed by atoms with E-state index in [0.717, 1.165) is 42.3 Å². The predicted octanol–water partition coefficient (Wildman–Crippen LogP) is 3.60. The standard InChI is InChI=1S/C22H31NO7.2ClH/c1-23(13-14-9-18(27-2)22(29-4)19(10-14)28-3)15-5-6-16(23)12-17(11-15)30-21(26)8-7-20(24)25;;/h9-10,15-17H,5-8,11-13H2,1-4H3;2*1H/p+1. The van der Waals surface area contributed by atoms with Crippen LogP contribution in [-0.2, 0) is 20.9 Å². The molecule has 0 spiro atoms. The Hall–Kier alpha value is -1.90. The van der Waals surface area contributed by atoms with Crippen molar-refractivity contribution >= 4 is 36.8 Å². The Morgan fingerprint density at radius 1 is 0.969 bits per heavy atom. The second-order valence-electron chi connectivity index (χ2n) is 8.40. The van der Waals surface area contributed by atoms with E-state index >= 15 is 0 Å². The monoisotopic (exact) mass is 494 g/mol. The lowest BCUT2D eigenvalue weighted by molar-refractivity contribution is -0.961. The normalized spacial score (nSPS) is 25.7. The van der Waals surface area contributed by atoms with Crippen LogP contribution >= 0.6 is 24.8 Å². The number of nitrogens with zero attached hydrogens (tertiary/aromatic N) is 1. The van der Waals surface area contributed by atoms with Crippen LogP contribution in [-0.4, -0.2) is 68.1 Å². The fourth-order valence-corrected chi connectivity index (χ4v) is 5.12. The molecule has 2 fully saturated rings. The molecule has 0 saturated carbocycles. The van der Waals surface area contributed by atoms with Crippen LogP contribution in [0.15, 0.2) is 12.1 Å². The minimum Gasteiger partial charge on any atom is -0.493 e. The highest BCUT2D eigenvalue weighted by Gasteiger charge is 2.52. The van der Waals surface area contributed by atoms with E-state index in [-0.39, 0.29) is 43.8 Å². The van der Waals surface area contributed by atoms with Crippen molar-refractivity contribution in [1.29, 1.82) is 0 Å². The maximum Gasteiger partial charge on any atom is 0.306 e. The summed E-state index contributed by atoms with van der Waals surface area (Å²) in [6.45, 7) is 0.825. The van der Waals surface area contributed by atoms with Crippen LogP contribution in [0.25, 0.3) is 0 Å². The van der Waals surface area contributed by atoms with E-state index in [1.807, 2.05) is 12.1 Å². The summed E-state index contributed by atoms with van der Waals surface area (Å²) in [6.07, 6.45) is 3.40. The van der Waals surface area contributed by atoms with Gasteiger partial charge in [-0.3, -0.25) is 9.59 Å². The number of esters is 1. The zero-order chi connectivity index (χ0) is 21.9. The number of quaternary nitrogens is 1. The smallest absolute Gasteiger partial charge is 0.306 e. The van der Waals surface area contributed by atoms with Crippen molar-refractivity contribution < 1.29 is 38.1 Å². The molecule has 2 unspecified atom stereocenters. The molecule has 8 nitrogen and oxygen atoms in total. The third-order valence-electron chi connectivity index (χ3n) is 6.66. The first-order chi connectivity index (χ1) is 14.3. The fourth-order valence-electron chi connectivity index (χ4n) is 5.12. The third-order valence-corrected chi connectivity index (χ3v) is 6.66. The molecule has 2 saturated heterocycles. The quantitative estimate of drug-likeness (QED) is 0.414. The van der Waals surface area contributed by atoms with Gasteiger partial charge in [-0.2, -0.15) is 0 Å². The van der Waals surface area contributed by atoms with Crippen LogP contribution in [0, 0.1) is 0 Å². The van der Waals surface area contributed by atoms with Crippen molar-refractivity contribution in [3.8, 4) is 17.2 Å². The number of carboxylic acids is 1. The SMILES string of the molecule is COc1cc(C[N+]2(C)C3CCC2CC(OC(=O)CCC(=O)O)C3)cc(OC)c1OC.Cl.Cl. The molecule has 1 aromatic rings. The van der Waals surface area contributed by atoms with Gasteiger partial charge in [0.2, 0.25) is 5.75 Å². The molecule has 2 aliphatic rings. The van der Waals surface area contributed by atoms with Gasteiger partial charge in [-0.15, -0.1) is 24.8 Å². The van der Waals surface area contributed by atoms with E-state index in [4.69, 9.17) is 24.1 Å². The molecule has 32 heavy (non-hydrogen) atoms. The van der Waals surface area contributed by atoms with Gasteiger partial charge in [0.05, 0.1) is 53.3 Å². The highest BCUT2D eigenvalue weighted by Crippen LogP contribution is 2.45. The number of carbonyl (C=O) groups excluding carboxylic acids is 1. The van der Waals surface area contributed by atoms with Gasteiger partial charge >= 0.3 is 11.9 Å². The number of hydrogen-bond acceptors (Lipinski definition) is 6. The molecule has 0 amide bonds. The number of hydrogen-bond donors (Lipinski definition) is 1. The van der Waals surface area contributed by atoms with Gasteiger partial charge in [-0.05, 0) is 12.1 Å². The van der Waals surface area contributed by atoms with E-state index < -0.39 is 11.9 Å². The molecule has 0 aliphatic carbocycles. The second-order valence-corrected chi connectivity index (χ2v) is 8.40. The summed E-state index contributed by atoms with van der Waals surface area (Å²) < 4.78 is 22.9. The van der Waals surface area contributed by atoms with Crippen LogP contribution in [0.1, 0.15) is 44.1 Å². The van der Waals surface area contributed by atoms with Crippen molar-refractivity contribution in [2.24, 2.45) is 0 Å². The molecule has 1 aromatic carbocycles. The van der Waals surface area contributed by atoms with Gasteiger partial charge in [0.15, 0.2) is 11.5 Å². The van der Waals surface area contributed by atoms with Crippen LogP contribution in [0.5, 0.6) is 17.2 Å². The number of halogens is 2. The number of rotatable bonds is 9. The number of ether oxygens (including phenoxy) is 4. The summed E-state index contributed by atoms with van der Waals surface area (Å²) >= 11 is 0. The molecule has 1 N–H and O–H groups in total. The number of piperidine rings is 1.